The number of hydrogen-bond donors (Lipinski definition) is 0. The van der Waals surface area contributed by atoms with Gasteiger partial charge in [0, 0.05) is 21.3 Å². The molecule has 1 aromatic heterocycles. The van der Waals surface area contributed by atoms with Crippen LogP contribution in [0, 0.1) is 0 Å². The van der Waals surface area contributed by atoms with Crippen LogP contribution in [0.25, 0.3) is 4.72 Å². The van der Waals surface area contributed by atoms with Gasteiger partial charge in [0.2, 0.25) is 0 Å². The van der Waals surface area contributed by atoms with E-state index in [4.69, 9.17) is 23.2 Å². The Balaban J connectivity index is 0.00000264. The molecular formula is C12H5Br2Cl2N2NaO3S. The smallest absolute Gasteiger partial charge is 0.537 e. The number of carbonyl (C=O) groups is 1. The molecule has 0 saturated carbocycles. The fourth-order valence-corrected chi connectivity index (χ4v) is 3.75. The van der Waals surface area contributed by atoms with E-state index in [1.54, 1.807) is 0 Å². The van der Waals surface area contributed by atoms with Crippen molar-refractivity contribution in [1.82, 2.24) is 4.98 Å². The Morgan fingerprint density at radius 1 is 1.13 bits per heavy atom. The van der Waals surface area contributed by atoms with Crippen LogP contribution in [0.3, 0.4) is 0 Å². The monoisotopic (exact) mass is 508 g/mol. The topological polar surface area (TPSA) is 78.2 Å². The van der Waals surface area contributed by atoms with Gasteiger partial charge in [-0.2, -0.15) is 0 Å². The second kappa shape index (κ2) is 8.62. The summed E-state index contributed by atoms with van der Waals surface area (Å²) in [7, 11) is -4.20. The van der Waals surface area contributed by atoms with Gasteiger partial charge in [-0.05, 0) is 34.1 Å². The minimum Gasteiger partial charge on any atom is -0.537 e. The molecule has 0 fully saturated rings. The Morgan fingerprint density at radius 2 is 1.78 bits per heavy atom. The Bertz CT molecular complexity index is 865. The quantitative estimate of drug-likeness (QED) is 0.466. The van der Waals surface area contributed by atoms with Crippen LogP contribution in [0.2, 0.25) is 10.2 Å². The molecule has 23 heavy (non-hydrogen) atoms. The molecule has 1 aromatic carbocycles. The van der Waals surface area contributed by atoms with Gasteiger partial charge in [0.05, 0.1) is 15.3 Å². The molecule has 116 valence electrons. The summed E-state index contributed by atoms with van der Waals surface area (Å²) in [6.07, 6.45) is 1.02. The largest absolute Gasteiger partial charge is 1.00 e. The van der Waals surface area contributed by atoms with Crippen molar-refractivity contribution in [2.45, 2.75) is 4.90 Å². The average Bonchev–Trinajstić information content (AvgIpc) is 2.40. The Labute approximate surface area is 181 Å². The molecule has 0 aliphatic carbocycles. The van der Waals surface area contributed by atoms with Crippen molar-refractivity contribution in [2.75, 3.05) is 0 Å². The van der Waals surface area contributed by atoms with Gasteiger partial charge in [-0.3, -0.25) is 0 Å². The number of aromatic nitrogens is 1. The van der Waals surface area contributed by atoms with Gasteiger partial charge in [-0.1, -0.05) is 45.2 Å². The molecule has 0 aliphatic rings. The summed E-state index contributed by atoms with van der Waals surface area (Å²) in [6.45, 7) is 0. The summed E-state index contributed by atoms with van der Waals surface area (Å²) in [5, 5.41) is 0.503. The molecule has 0 bridgehead atoms. The Morgan fingerprint density at radius 3 is 2.35 bits per heavy atom. The van der Waals surface area contributed by atoms with Crippen molar-refractivity contribution < 1.29 is 42.8 Å². The molecule has 5 nitrogen and oxygen atoms in total. The number of amides is 1. The van der Waals surface area contributed by atoms with Gasteiger partial charge in [0.15, 0.2) is 0 Å². The molecule has 1 heterocycles. The summed E-state index contributed by atoms with van der Waals surface area (Å²) in [5.74, 6) is -0.922. The van der Waals surface area contributed by atoms with Crippen LogP contribution in [0.15, 0.2) is 44.3 Å². The first-order valence-electron chi connectivity index (χ1n) is 5.49. The number of benzene rings is 1. The maximum Gasteiger partial charge on any atom is 1.00 e. The average molecular weight is 511 g/mol. The second-order valence-electron chi connectivity index (χ2n) is 3.94. The minimum absolute atomic E-state index is 0. The van der Waals surface area contributed by atoms with Crippen molar-refractivity contribution in [2.24, 2.45) is 0 Å². The zero-order valence-corrected chi connectivity index (χ0v) is 18.9. The normalized spacial score (nSPS) is 10.8. The molecule has 0 unspecified atom stereocenters. The van der Waals surface area contributed by atoms with Crippen molar-refractivity contribution in [3.05, 3.63) is 59.9 Å². The van der Waals surface area contributed by atoms with Gasteiger partial charge in [0.1, 0.15) is 15.2 Å². The minimum atomic E-state index is -4.20. The fourth-order valence-electron chi connectivity index (χ4n) is 1.42. The van der Waals surface area contributed by atoms with E-state index in [-0.39, 0.29) is 49.6 Å². The predicted octanol–water partition coefficient (Wildman–Crippen LogP) is 1.82. The molecule has 0 N–H and O–H groups in total. The van der Waals surface area contributed by atoms with Gasteiger partial charge < -0.3 is 9.52 Å². The van der Waals surface area contributed by atoms with Crippen molar-refractivity contribution >= 4 is 71.0 Å². The molecule has 0 atom stereocenters. The third-order valence-electron chi connectivity index (χ3n) is 2.43. The number of sulfonamides is 1. The van der Waals surface area contributed by atoms with E-state index in [2.05, 4.69) is 41.6 Å². The standard InChI is InChI=1S/C12H6Br2Cl2N2O3S.Na/c13-9-3-6(15)1-2-8(9)12(19)18-22(20,21)7-4-10(14)11(16)17-5-7;/h1-5H,(H,18,19);/q;+1/p-1. The van der Waals surface area contributed by atoms with E-state index in [9.17, 15) is 13.2 Å². The summed E-state index contributed by atoms with van der Waals surface area (Å²) in [6, 6.07) is 5.53. The maximum atomic E-state index is 12.1. The van der Waals surface area contributed by atoms with Crippen molar-refractivity contribution in [3.8, 4) is 0 Å². The molecule has 2 rings (SSSR count). The zero-order chi connectivity index (χ0) is 16.5. The molecule has 0 radical (unpaired) electrons. The van der Waals surface area contributed by atoms with Gasteiger partial charge in [-0.15, -0.1) is 0 Å². The van der Waals surface area contributed by atoms with Crippen LogP contribution in [-0.4, -0.2) is 19.3 Å². The first kappa shape index (κ1) is 21.4. The van der Waals surface area contributed by atoms with Crippen LogP contribution in [-0.2, 0) is 10.0 Å². The molecule has 0 saturated heterocycles. The number of pyridine rings is 1. The van der Waals surface area contributed by atoms with Crippen LogP contribution < -0.4 is 29.6 Å². The molecule has 0 aliphatic heterocycles. The third-order valence-corrected chi connectivity index (χ3v) is 5.68. The number of hydrogen-bond acceptors (Lipinski definition) is 4. The SMILES string of the molecule is O=C([N-]S(=O)(=O)c1cnc(Cl)c(Br)c1)c1ccc(Cl)cc1Br.[Na+]. The van der Waals surface area contributed by atoms with E-state index in [1.165, 1.54) is 24.3 Å². The van der Waals surface area contributed by atoms with E-state index in [1.807, 2.05) is 0 Å². The second-order valence-corrected chi connectivity index (χ2v) is 8.05. The van der Waals surface area contributed by atoms with Crippen LogP contribution in [0.5, 0.6) is 0 Å². The van der Waals surface area contributed by atoms with E-state index in [0.29, 0.717) is 9.50 Å². The van der Waals surface area contributed by atoms with E-state index >= 15 is 0 Å². The number of carbonyl (C=O) groups excluding carboxylic acids is 1. The summed E-state index contributed by atoms with van der Waals surface area (Å²) < 4.78 is 28.1. The Hall–Kier alpha value is 0.330. The molecule has 1 amide bonds. The molecule has 11 heteroatoms. The third kappa shape index (κ3) is 5.40. The molecule has 0 spiro atoms. The number of rotatable bonds is 3. The maximum absolute atomic E-state index is 12.1. The van der Waals surface area contributed by atoms with E-state index in [0.717, 1.165) is 6.20 Å². The molecular weight excluding hydrogens is 506 g/mol. The summed E-state index contributed by atoms with van der Waals surface area (Å²) in [4.78, 5) is 15.5. The van der Waals surface area contributed by atoms with E-state index < -0.39 is 15.9 Å². The van der Waals surface area contributed by atoms with Crippen LogP contribution >= 0.6 is 55.1 Å². The van der Waals surface area contributed by atoms with Crippen LogP contribution in [0.4, 0.5) is 0 Å². The van der Waals surface area contributed by atoms with Crippen LogP contribution in [0.1, 0.15) is 10.4 Å². The zero-order valence-electron chi connectivity index (χ0n) is 11.4. The number of halogens is 4. The predicted molar refractivity (Wildman–Crippen MR) is 91.0 cm³/mol. The summed E-state index contributed by atoms with van der Waals surface area (Å²) >= 11 is 17.7. The Kier molecular flexibility index (Phi) is 8.01. The van der Waals surface area contributed by atoms with Gasteiger partial charge in [-0.25, -0.2) is 13.4 Å². The first-order valence-corrected chi connectivity index (χ1v) is 9.27. The van der Waals surface area contributed by atoms with Gasteiger partial charge >= 0.3 is 29.6 Å². The van der Waals surface area contributed by atoms with Gasteiger partial charge in [0.25, 0.3) is 0 Å². The molecule has 2 aromatic rings. The first-order chi connectivity index (χ1) is 10.2. The summed E-state index contributed by atoms with van der Waals surface area (Å²) in [5.41, 5.74) is 0.0777. The number of nitrogens with zero attached hydrogens (tertiary/aromatic N) is 2. The van der Waals surface area contributed by atoms with Crippen molar-refractivity contribution in [1.29, 1.82) is 0 Å². The van der Waals surface area contributed by atoms with Crippen molar-refractivity contribution in [3.63, 3.8) is 0 Å². The fraction of sp³-hybridized carbons (Fsp3) is 0.